The predicted octanol–water partition coefficient (Wildman–Crippen LogP) is 1.98. The molecule has 0 amide bonds. The fraction of sp³-hybridized carbons (Fsp3) is 1.00. The van der Waals surface area contributed by atoms with Crippen LogP contribution in [0, 0.1) is 17.3 Å². The second-order valence-electron chi connectivity index (χ2n) is 6.71. The molecule has 0 aromatic heterocycles. The smallest absolute Gasteiger partial charge is 0.0546 e. The molecule has 0 aliphatic carbocycles. The number of hydrogen-bond donors (Lipinski definition) is 1. The molecular formula is C15H30N2O. The van der Waals surface area contributed by atoms with E-state index in [1.54, 1.807) is 0 Å². The fourth-order valence-corrected chi connectivity index (χ4v) is 3.63. The number of ether oxygens (including phenoxy) is 1. The van der Waals surface area contributed by atoms with E-state index in [-0.39, 0.29) is 0 Å². The maximum Gasteiger partial charge on any atom is 0.0546 e. The molecule has 3 heteroatoms. The number of rotatable bonds is 5. The number of nitrogens with zero attached hydrogens (tertiary/aromatic N) is 1. The minimum Gasteiger partial charge on any atom is -0.381 e. The molecular weight excluding hydrogens is 224 g/mol. The molecule has 0 aromatic rings. The quantitative estimate of drug-likeness (QED) is 0.812. The highest BCUT2D eigenvalue weighted by Crippen LogP contribution is 2.32. The van der Waals surface area contributed by atoms with Crippen LogP contribution in [0.25, 0.3) is 0 Å². The van der Waals surface area contributed by atoms with Gasteiger partial charge < -0.3 is 15.0 Å². The van der Waals surface area contributed by atoms with Gasteiger partial charge in [0, 0.05) is 31.7 Å². The largest absolute Gasteiger partial charge is 0.381 e. The number of likely N-dealkylation sites (tertiary alicyclic amines) is 1. The Labute approximate surface area is 112 Å². The van der Waals surface area contributed by atoms with Crippen molar-refractivity contribution in [2.45, 2.75) is 33.1 Å². The van der Waals surface area contributed by atoms with Crippen LogP contribution in [0.2, 0.25) is 0 Å². The monoisotopic (exact) mass is 254 g/mol. The van der Waals surface area contributed by atoms with Crippen molar-refractivity contribution in [1.82, 2.24) is 10.2 Å². The van der Waals surface area contributed by atoms with E-state index in [4.69, 9.17) is 4.74 Å². The van der Waals surface area contributed by atoms with E-state index in [0.29, 0.717) is 5.41 Å². The Morgan fingerprint density at radius 3 is 2.83 bits per heavy atom. The minimum atomic E-state index is 0.360. The summed E-state index contributed by atoms with van der Waals surface area (Å²) in [4.78, 5) is 2.68. The van der Waals surface area contributed by atoms with Crippen molar-refractivity contribution in [2.75, 3.05) is 46.4 Å². The Morgan fingerprint density at radius 1 is 1.44 bits per heavy atom. The Bertz CT molecular complexity index is 243. The van der Waals surface area contributed by atoms with Crippen LogP contribution >= 0.6 is 0 Å². The lowest BCUT2D eigenvalue weighted by Crippen LogP contribution is -2.48. The zero-order valence-electron chi connectivity index (χ0n) is 12.4. The van der Waals surface area contributed by atoms with Crippen LogP contribution < -0.4 is 5.32 Å². The van der Waals surface area contributed by atoms with Gasteiger partial charge in [-0.25, -0.2) is 0 Å². The van der Waals surface area contributed by atoms with Gasteiger partial charge >= 0.3 is 0 Å². The first kappa shape index (κ1) is 14.3. The number of nitrogens with one attached hydrogen (secondary N) is 1. The lowest BCUT2D eigenvalue weighted by molar-refractivity contribution is -0.0228. The van der Waals surface area contributed by atoms with Gasteiger partial charge in [-0.05, 0) is 44.7 Å². The summed E-state index contributed by atoms with van der Waals surface area (Å²) in [6.45, 7) is 11.5. The summed E-state index contributed by atoms with van der Waals surface area (Å²) in [7, 11) is 2.07. The van der Waals surface area contributed by atoms with E-state index >= 15 is 0 Å². The van der Waals surface area contributed by atoms with Crippen LogP contribution in [0.5, 0.6) is 0 Å². The first-order chi connectivity index (χ1) is 8.65. The standard InChI is InChI=1S/C15H30N2O/c1-13(2)14-5-7-17(9-14)11-15(10-16-3)6-4-8-18-12-15/h13-14,16H,4-12H2,1-3H3. The van der Waals surface area contributed by atoms with E-state index in [2.05, 4.69) is 31.1 Å². The summed E-state index contributed by atoms with van der Waals surface area (Å²) in [5.74, 6) is 1.74. The van der Waals surface area contributed by atoms with Crippen molar-refractivity contribution in [1.29, 1.82) is 0 Å². The average Bonchev–Trinajstić information content (AvgIpc) is 2.79. The fourth-order valence-electron chi connectivity index (χ4n) is 3.63. The van der Waals surface area contributed by atoms with Crippen LogP contribution in [0.3, 0.4) is 0 Å². The van der Waals surface area contributed by atoms with Crippen LogP contribution in [0.4, 0.5) is 0 Å². The van der Waals surface area contributed by atoms with Gasteiger partial charge in [0.2, 0.25) is 0 Å². The molecule has 2 unspecified atom stereocenters. The van der Waals surface area contributed by atoms with E-state index in [1.807, 2.05) is 0 Å². The third kappa shape index (κ3) is 3.46. The van der Waals surface area contributed by atoms with E-state index in [0.717, 1.165) is 31.6 Å². The van der Waals surface area contributed by atoms with Gasteiger partial charge in [-0.2, -0.15) is 0 Å². The minimum absolute atomic E-state index is 0.360. The Hall–Kier alpha value is -0.120. The van der Waals surface area contributed by atoms with Crippen molar-refractivity contribution in [3.8, 4) is 0 Å². The summed E-state index contributed by atoms with van der Waals surface area (Å²) in [6.07, 6.45) is 3.92. The lowest BCUT2D eigenvalue weighted by atomic mass is 9.81. The summed E-state index contributed by atoms with van der Waals surface area (Å²) >= 11 is 0. The van der Waals surface area contributed by atoms with E-state index in [9.17, 15) is 0 Å². The molecule has 0 saturated carbocycles. The van der Waals surface area contributed by atoms with Crippen molar-refractivity contribution >= 4 is 0 Å². The summed E-state index contributed by atoms with van der Waals surface area (Å²) in [6, 6.07) is 0. The molecule has 0 spiro atoms. The van der Waals surface area contributed by atoms with Crippen LogP contribution in [0.15, 0.2) is 0 Å². The molecule has 1 N–H and O–H groups in total. The lowest BCUT2D eigenvalue weighted by Gasteiger charge is -2.40. The normalized spacial score (nSPS) is 34.3. The molecule has 2 aliphatic rings. The molecule has 2 fully saturated rings. The van der Waals surface area contributed by atoms with Gasteiger partial charge in [0.15, 0.2) is 0 Å². The summed E-state index contributed by atoms with van der Waals surface area (Å²) in [5.41, 5.74) is 0.360. The molecule has 2 heterocycles. The van der Waals surface area contributed by atoms with Crippen LogP contribution in [-0.2, 0) is 4.74 Å². The topological polar surface area (TPSA) is 24.5 Å². The van der Waals surface area contributed by atoms with Crippen molar-refractivity contribution in [2.24, 2.45) is 17.3 Å². The summed E-state index contributed by atoms with van der Waals surface area (Å²) < 4.78 is 5.76. The molecule has 2 aliphatic heterocycles. The molecule has 106 valence electrons. The third-order valence-corrected chi connectivity index (χ3v) is 4.77. The first-order valence-corrected chi connectivity index (χ1v) is 7.60. The van der Waals surface area contributed by atoms with Crippen LogP contribution in [0.1, 0.15) is 33.1 Å². The predicted molar refractivity (Wildman–Crippen MR) is 75.8 cm³/mol. The molecule has 0 radical (unpaired) electrons. The highest BCUT2D eigenvalue weighted by molar-refractivity contribution is 4.89. The van der Waals surface area contributed by atoms with Gasteiger partial charge in [-0.15, -0.1) is 0 Å². The average molecular weight is 254 g/mol. The zero-order valence-corrected chi connectivity index (χ0v) is 12.4. The molecule has 18 heavy (non-hydrogen) atoms. The molecule has 0 aromatic carbocycles. The highest BCUT2D eigenvalue weighted by atomic mass is 16.5. The Kier molecular flexibility index (Phi) is 5.05. The van der Waals surface area contributed by atoms with Gasteiger partial charge in [0.1, 0.15) is 0 Å². The SMILES string of the molecule is CNCC1(CN2CCC(C(C)C)C2)CCCOC1. The summed E-state index contributed by atoms with van der Waals surface area (Å²) in [5, 5.41) is 3.38. The second-order valence-corrected chi connectivity index (χ2v) is 6.71. The molecule has 0 bridgehead atoms. The maximum atomic E-state index is 5.76. The van der Waals surface area contributed by atoms with E-state index < -0.39 is 0 Å². The Balaban J connectivity index is 1.89. The van der Waals surface area contributed by atoms with Crippen LogP contribution in [-0.4, -0.2) is 51.3 Å². The molecule has 2 saturated heterocycles. The highest BCUT2D eigenvalue weighted by Gasteiger charge is 2.36. The van der Waals surface area contributed by atoms with E-state index in [1.165, 1.54) is 38.9 Å². The zero-order chi connectivity index (χ0) is 13.0. The van der Waals surface area contributed by atoms with Gasteiger partial charge in [-0.1, -0.05) is 13.8 Å². The first-order valence-electron chi connectivity index (χ1n) is 7.60. The van der Waals surface area contributed by atoms with Crippen molar-refractivity contribution in [3.05, 3.63) is 0 Å². The van der Waals surface area contributed by atoms with Crippen molar-refractivity contribution < 1.29 is 4.74 Å². The van der Waals surface area contributed by atoms with Gasteiger partial charge in [0.25, 0.3) is 0 Å². The van der Waals surface area contributed by atoms with Crippen molar-refractivity contribution in [3.63, 3.8) is 0 Å². The molecule has 2 atom stereocenters. The maximum absolute atomic E-state index is 5.76. The van der Waals surface area contributed by atoms with Gasteiger partial charge in [-0.3, -0.25) is 0 Å². The Morgan fingerprint density at radius 2 is 2.28 bits per heavy atom. The number of hydrogen-bond acceptors (Lipinski definition) is 3. The third-order valence-electron chi connectivity index (χ3n) is 4.77. The van der Waals surface area contributed by atoms with Gasteiger partial charge in [0.05, 0.1) is 6.61 Å². The molecule has 2 rings (SSSR count). The molecule has 3 nitrogen and oxygen atoms in total. The second kappa shape index (κ2) is 6.36.